The van der Waals surface area contributed by atoms with Crippen molar-refractivity contribution in [2.24, 2.45) is 0 Å². The molecule has 0 N–H and O–H groups in total. The van der Waals surface area contributed by atoms with Gasteiger partial charge in [0.15, 0.2) is 0 Å². The SMILES string of the molecule is Cc1cccc(CN2CCC3(CC2)CC(OCc2ccncc2)CO3)c1. The largest absolute Gasteiger partial charge is 0.372 e. The summed E-state index contributed by atoms with van der Waals surface area (Å²) in [6, 6.07) is 12.9. The van der Waals surface area contributed by atoms with E-state index in [1.165, 1.54) is 16.7 Å². The molecule has 4 heteroatoms. The molecule has 1 aromatic carbocycles. The molecule has 1 spiro atoms. The first-order valence-corrected chi connectivity index (χ1v) is 9.63. The first-order valence-electron chi connectivity index (χ1n) is 9.63. The van der Waals surface area contributed by atoms with E-state index < -0.39 is 0 Å². The van der Waals surface area contributed by atoms with Crippen LogP contribution in [-0.2, 0) is 22.6 Å². The van der Waals surface area contributed by atoms with Crippen molar-refractivity contribution in [2.75, 3.05) is 19.7 Å². The second kappa shape index (κ2) is 7.87. The van der Waals surface area contributed by atoms with Crippen LogP contribution in [0.1, 0.15) is 36.0 Å². The number of aryl methyl sites for hydroxylation is 1. The molecular weight excluding hydrogens is 324 g/mol. The third-order valence-electron chi connectivity index (χ3n) is 5.67. The molecule has 138 valence electrons. The molecular formula is C22H28N2O2. The van der Waals surface area contributed by atoms with Crippen LogP contribution in [0.5, 0.6) is 0 Å². The number of ether oxygens (including phenoxy) is 2. The molecule has 0 radical (unpaired) electrons. The number of benzene rings is 1. The van der Waals surface area contributed by atoms with Gasteiger partial charge in [0.25, 0.3) is 0 Å². The summed E-state index contributed by atoms with van der Waals surface area (Å²) in [5, 5.41) is 0. The lowest BCUT2D eigenvalue weighted by Gasteiger charge is -2.38. The zero-order chi connectivity index (χ0) is 17.8. The summed E-state index contributed by atoms with van der Waals surface area (Å²) in [5.74, 6) is 0. The molecule has 1 aromatic heterocycles. The number of pyridine rings is 1. The Hall–Kier alpha value is -1.75. The Labute approximate surface area is 156 Å². The minimum atomic E-state index is 0.0337. The molecule has 2 aliphatic heterocycles. The predicted octanol–water partition coefficient (Wildman–Crippen LogP) is 3.73. The van der Waals surface area contributed by atoms with Crippen LogP contribution in [0.4, 0.5) is 0 Å². The number of hydrogen-bond acceptors (Lipinski definition) is 4. The van der Waals surface area contributed by atoms with Gasteiger partial charge in [-0.25, -0.2) is 0 Å². The van der Waals surface area contributed by atoms with Crippen LogP contribution in [0.2, 0.25) is 0 Å². The van der Waals surface area contributed by atoms with E-state index in [4.69, 9.17) is 9.47 Å². The fourth-order valence-corrected chi connectivity index (χ4v) is 4.14. The Morgan fingerprint density at radius 3 is 2.73 bits per heavy atom. The molecule has 4 nitrogen and oxygen atoms in total. The highest BCUT2D eigenvalue weighted by Gasteiger charge is 2.43. The van der Waals surface area contributed by atoms with E-state index in [0.29, 0.717) is 6.61 Å². The predicted molar refractivity (Wildman–Crippen MR) is 102 cm³/mol. The summed E-state index contributed by atoms with van der Waals surface area (Å²) in [6.45, 7) is 6.78. The maximum atomic E-state index is 6.24. The Bertz CT molecular complexity index is 711. The quantitative estimate of drug-likeness (QED) is 0.821. The zero-order valence-electron chi connectivity index (χ0n) is 15.6. The molecule has 0 aliphatic carbocycles. The van der Waals surface area contributed by atoms with Gasteiger partial charge in [-0.1, -0.05) is 29.8 Å². The van der Waals surface area contributed by atoms with Crippen molar-refractivity contribution in [3.63, 3.8) is 0 Å². The van der Waals surface area contributed by atoms with Crippen molar-refractivity contribution in [3.8, 4) is 0 Å². The molecule has 2 fully saturated rings. The second-order valence-electron chi connectivity index (χ2n) is 7.75. The summed E-state index contributed by atoms with van der Waals surface area (Å²) < 4.78 is 12.3. The Morgan fingerprint density at radius 1 is 1.15 bits per heavy atom. The summed E-state index contributed by atoms with van der Waals surface area (Å²) in [4.78, 5) is 6.60. The number of piperidine rings is 1. The number of hydrogen-bond donors (Lipinski definition) is 0. The van der Waals surface area contributed by atoms with Crippen molar-refractivity contribution >= 4 is 0 Å². The molecule has 4 rings (SSSR count). The fraction of sp³-hybridized carbons (Fsp3) is 0.500. The van der Waals surface area contributed by atoms with Gasteiger partial charge in [0, 0.05) is 38.4 Å². The van der Waals surface area contributed by atoms with Crippen LogP contribution >= 0.6 is 0 Å². The molecule has 0 amide bonds. The molecule has 26 heavy (non-hydrogen) atoms. The van der Waals surface area contributed by atoms with Gasteiger partial charge in [-0.2, -0.15) is 0 Å². The van der Waals surface area contributed by atoms with Crippen LogP contribution in [0.25, 0.3) is 0 Å². The van der Waals surface area contributed by atoms with E-state index in [1.54, 1.807) is 0 Å². The first kappa shape index (κ1) is 17.7. The minimum Gasteiger partial charge on any atom is -0.372 e. The van der Waals surface area contributed by atoms with Crippen LogP contribution in [0, 0.1) is 6.92 Å². The molecule has 2 aromatic rings. The number of rotatable bonds is 5. The van der Waals surface area contributed by atoms with E-state index in [2.05, 4.69) is 41.1 Å². The average molecular weight is 352 g/mol. The van der Waals surface area contributed by atoms with E-state index in [-0.39, 0.29) is 11.7 Å². The molecule has 1 unspecified atom stereocenters. The van der Waals surface area contributed by atoms with Gasteiger partial charge >= 0.3 is 0 Å². The number of nitrogens with zero attached hydrogens (tertiary/aromatic N) is 2. The van der Waals surface area contributed by atoms with Gasteiger partial charge in [-0.15, -0.1) is 0 Å². The van der Waals surface area contributed by atoms with Crippen molar-refractivity contribution in [3.05, 3.63) is 65.5 Å². The van der Waals surface area contributed by atoms with Crippen LogP contribution in [-0.4, -0.2) is 41.3 Å². The summed E-state index contributed by atoms with van der Waals surface area (Å²) in [5.41, 5.74) is 3.96. The molecule has 2 aliphatic rings. The van der Waals surface area contributed by atoms with Gasteiger partial charge in [-0.3, -0.25) is 9.88 Å². The van der Waals surface area contributed by atoms with Crippen LogP contribution < -0.4 is 0 Å². The highest BCUT2D eigenvalue weighted by Crippen LogP contribution is 2.37. The lowest BCUT2D eigenvalue weighted by molar-refractivity contribution is -0.0468. The lowest BCUT2D eigenvalue weighted by atomic mass is 9.88. The molecule has 2 saturated heterocycles. The van der Waals surface area contributed by atoms with Crippen molar-refractivity contribution in [2.45, 2.75) is 51.0 Å². The van der Waals surface area contributed by atoms with Crippen LogP contribution in [0.15, 0.2) is 48.8 Å². The molecule has 3 heterocycles. The van der Waals surface area contributed by atoms with E-state index in [1.807, 2.05) is 24.5 Å². The Morgan fingerprint density at radius 2 is 1.96 bits per heavy atom. The maximum Gasteiger partial charge on any atom is 0.0840 e. The monoisotopic (exact) mass is 352 g/mol. The molecule has 0 saturated carbocycles. The third kappa shape index (κ3) is 4.32. The Balaban J connectivity index is 1.25. The van der Waals surface area contributed by atoms with E-state index in [0.717, 1.165) is 45.5 Å². The highest BCUT2D eigenvalue weighted by molar-refractivity contribution is 5.22. The van der Waals surface area contributed by atoms with Gasteiger partial charge in [0.1, 0.15) is 0 Å². The minimum absolute atomic E-state index is 0.0337. The van der Waals surface area contributed by atoms with Crippen LogP contribution in [0.3, 0.4) is 0 Å². The average Bonchev–Trinajstić information content (AvgIpc) is 3.06. The first-order chi connectivity index (χ1) is 12.7. The standard InChI is InChI=1S/C22H28N2O2/c1-18-3-2-4-20(13-18)15-24-11-7-22(8-12-24)14-21(17-26-22)25-16-19-5-9-23-10-6-19/h2-6,9-10,13,21H,7-8,11-12,14-17H2,1H3. The topological polar surface area (TPSA) is 34.6 Å². The number of aromatic nitrogens is 1. The van der Waals surface area contributed by atoms with Gasteiger partial charge in [-0.05, 0) is 43.0 Å². The van der Waals surface area contributed by atoms with Crippen molar-refractivity contribution in [1.82, 2.24) is 9.88 Å². The van der Waals surface area contributed by atoms with E-state index in [9.17, 15) is 0 Å². The zero-order valence-corrected chi connectivity index (χ0v) is 15.6. The summed E-state index contributed by atoms with van der Waals surface area (Å²) in [7, 11) is 0. The Kier molecular flexibility index (Phi) is 5.34. The maximum absolute atomic E-state index is 6.24. The van der Waals surface area contributed by atoms with Gasteiger partial charge in [0.05, 0.1) is 24.9 Å². The van der Waals surface area contributed by atoms with Gasteiger partial charge in [0.2, 0.25) is 0 Å². The smallest absolute Gasteiger partial charge is 0.0840 e. The number of likely N-dealkylation sites (tertiary alicyclic amines) is 1. The van der Waals surface area contributed by atoms with Crippen molar-refractivity contribution < 1.29 is 9.47 Å². The molecule has 1 atom stereocenters. The fourth-order valence-electron chi connectivity index (χ4n) is 4.14. The lowest BCUT2D eigenvalue weighted by Crippen LogP contribution is -2.43. The third-order valence-corrected chi connectivity index (χ3v) is 5.67. The summed E-state index contributed by atoms with van der Waals surface area (Å²) in [6.07, 6.45) is 7.08. The second-order valence-corrected chi connectivity index (χ2v) is 7.75. The van der Waals surface area contributed by atoms with Gasteiger partial charge < -0.3 is 9.47 Å². The normalized spacial score (nSPS) is 22.7. The summed E-state index contributed by atoms with van der Waals surface area (Å²) >= 11 is 0. The molecule has 0 bridgehead atoms. The van der Waals surface area contributed by atoms with E-state index >= 15 is 0 Å². The highest BCUT2D eigenvalue weighted by atomic mass is 16.6. The van der Waals surface area contributed by atoms with Crippen molar-refractivity contribution in [1.29, 1.82) is 0 Å².